The van der Waals surface area contributed by atoms with Crippen LogP contribution in [0.15, 0.2) is 17.5 Å². The number of hydrogen-bond donors (Lipinski definition) is 1. The van der Waals surface area contributed by atoms with E-state index in [1.54, 1.807) is 12.1 Å². The van der Waals surface area contributed by atoms with Crippen LogP contribution in [-0.4, -0.2) is 12.2 Å². The van der Waals surface area contributed by atoms with Gasteiger partial charge in [-0.3, -0.25) is 0 Å². The van der Waals surface area contributed by atoms with Crippen LogP contribution in [0.5, 0.6) is 11.5 Å². The third-order valence-corrected chi connectivity index (χ3v) is 2.89. The van der Waals surface area contributed by atoms with E-state index in [2.05, 4.69) is 0 Å². The molecule has 0 saturated carbocycles. The van der Waals surface area contributed by atoms with Crippen LogP contribution in [0.1, 0.15) is 5.56 Å². The van der Waals surface area contributed by atoms with E-state index >= 15 is 0 Å². The largest absolute Gasteiger partial charge is 0.506 e. The van der Waals surface area contributed by atoms with Gasteiger partial charge in [0.1, 0.15) is 23.1 Å². The van der Waals surface area contributed by atoms with E-state index in [0.717, 1.165) is 4.70 Å². The number of methoxy groups -OCH3 is 1. The van der Waals surface area contributed by atoms with Crippen molar-refractivity contribution >= 4 is 21.4 Å². The molecule has 0 bridgehead atoms. The lowest BCUT2D eigenvalue weighted by atomic mass is 10.1. The van der Waals surface area contributed by atoms with Gasteiger partial charge in [-0.25, -0.2) is 0 Å². The Kier molecular flexibility index (Phi) is 2.02. The maximum Gasteiger partial charge on any atom is 0.145 e. The van der Waals surface area contributed by atoms with Crippen LogP contribution in [0.3, 0.4) is 0 Å². The summed E-state index contributed by atoms with van der Waals surface area (Å²) in [6, 6.07) is 5.48. The quantitative estimate of drug-likeness (QED) is 0.778. The molecular formula is C10H7NO2S. The maximum atomic E-state index is 9.75. The van der Waals surface area contributed by atoms with Crippen molar-refractivity contribution in [3.8, 4) is 17.6 Å². The second-order valence-electron chi connectivity index (χ2n) is 2.75. The molecule has 0 atom stereocenters. The molecule has 0 spiro atoms. The van der Waals surface area contributed by atoms with Crippen LogP contribution in [0.25, 0.3) is 10.1 Å². The van der Waals surface area contributed by atoms with Crippen molar-refractivity contribution in [2.24, 2.45) is 0 Å². The summed E-state index contributed by atoms with van der Waals surface area (Å²) in [5.74, 6) is 0.419. The van der Waals surface area contributed by atoms with Crippen molar-refractivity contribution in [3.05, 3.63) is 23.1 Å². The molecule has 2 rings (SSSR count). The molecule has 0 unspecified atom stereocenters. The van der Waals surface area contributed by atoms with E-state index in [-0.39, 0.29) is 11.3 Å². The van der Waals surface area contributed by atoms with Crippen LogP contribution >= 0.6 is 11.3 Å². The maximum absolute atomic E-state index is 9.75. The Morgan fingerprint density at radius 1 is 1.57 bits per heavy atom. The molecule has 0 radical (unpaired) electrons. The minimum Gasteiger partial charge on any atom is -0.506 e. The normalized spacial score (nSPS) is 10.0. The van der Waals surface area contributed by atoms with Crippen molar-refractivity contribution in [2.45, 2.75) is 0 Å². The molecule has 1 heterocycles. The van der Waals surface area contributed by atoms with Gasteiger partial charge in [0.25, 0.3) is 0 Å². The first-order valence-corrected chi connectivity index (χ1v) is 4.83. The fourth-order valence-electron chi connectivity index (χ4n) is 1.34. The van der Waals surface area contributed by atoms with E-state index in [9.17, 15) is 5.11 Å². The average molecular weight is 205 g/mol. The molecule has 3 nitrogen and oxygen atoms in total. The van der Waals surface area contributed by atoms with E-state index in [1.165, 1.54) is 18.4 Å². The van der Waals surface area contributed by atoms with Gasteiger partial charge in [-0.1, -0.05) is 0 Å². The van der Waals surface area contributed by atoms with Gasteiger partial charge >= 0.3 is 0 Å². The summed E-state index contributed by atoms with van der Waals surface area (Å²) in [5, 5.41) is 21.2. The second-order valence-corrected chi connectivity index (χ2v) is 3.69. The molecule has 1 N–H and O–H groups in total. The molecule has 0 aliphatic rings. The Hall–Kier alpha value is -1.73. The number of phenols is 1. The zero-order valence-corrected chi connectivity index (χ0v) is 8.26. The predicted molar refractivity (Wildman–Crippen MR) is 54.8 cm³/mol. The number of fused-ring (bicyclic) bond motifs is 1. The lowest BCUT2D eigenvalue weighted by Gasteiger charge is -2.04. The van der Waals surface area contributed by atoms with E-state index in [1.807, 2.05) is 11.4 Å². The summed E-state index contributed by atoms with van der Waals surface area (Å²) in [7, 11) is 1.48. The highest BCUT2D eigenvalue weighted by Gasteiger charge is 2.13. The van der Waals surface area contributed by atoms with Crippen molar-refractivity contribution < 1.29 is 9.84 Å². The Morgan fingerprint density at radius 2 is 2.36 bits per heavy atom. The van der Waals surface area contributed by atoms with E-state index in [0.29, 0.717) is 11.1 Å². The molecule has 14 heavy (non-hydrogen) atoms. The van der Waals surface area contributed by atoms with Gasteiger partial charge < -0.3 is 9.84 Å². The van der Waals surface area contributed by atoms with Crippen molar-refractivity contribution in [1.29, 1.82) is 5.26 Å². The van der Waals surface area contributed by atoms with Crippen LogP contribution in [0.2, 0.25) is 0 Å². The fourth-order valence-corrected chi connectivity index (χ4v) is 2.16. The zero-order valence-electron chi connectivity index (χ0n) is 7.44. The number of aromatic hydroxyl groups is 1. The van der Waals surface area contributed by atoms with E-state index < -0.39 is 0 Å². The number of phenolic OH excluding ortho intramolecular Hbond substituents is 1. The van der Waals surface area contributed by atoms with Gasteiger partial charge in [-0.2, -0.15) is 5.26 Å². The summed E-state index contributed by atoms with van der Waals surface area (Å²) < 4.78 is 5.93. The molecule has 0 amide bonds. The highest BCUT2D eigenvalue weighted by atomic mass is 32.1. The molecule has 2 aromatic rings. The summed E-state index contributed by atoms with van der Waals surface area (Å²) in [6.07, 6.45) is 0. The van der Waals surface area contributed by atoms with Gasteiger partial charge in [0.2, 0.25) is 0 Å². The van der Waals surface area contributed by atoms with Gasteiger partial charge in [-0.15, -0.1) is 11.3 Å². The van der Waals surface area contributed by atoms with Crippen molar-refractivity contribution in [1.82, 2.24) is 0 Å². The minimum atomic E-state index is 0.00287. The number of nitriles is 1. The topological polar surface area (TPSA) is 53.2 Å². The third kappa shape index (κ3) is 1.10. The number of thiophene rings is 1. The first-order chi connectivity index (χ1) is 6.77. The van der Waals surface area contributed by atoms with Gasteiger partial charge in [-0.05, 0) is 17.5 Å². The standard InChI is InChI=1S/C10H7NO2S/c1-13-8-4-9-6(2-3-14-9)10(12)7(8)5-11/h2-4,12H,1H3. The molecule has 0 aliphatic carbocycles. The van der Waals surface area contributed by atoms with Gasteiger partial charge in [0, 0.05) is 10.1 Å². The number of hydrogen-bond acceptors (Lipinski definition) is 4. The molecule has 1 aromatic heterocycles. The summed E-state index contributed by atoms with van der Waals surface area (Å²) in [5.41, 5.74) is 0.193. The Bertz CT molecular complexity index is 525. The molecular weight excluding hydrogens is 198 g/mol. The highest BCUT2D eigenvalue weighted by molar-refractivity contribution is 7.17. The van der Waals surface area contributed by atoms with Gasteiger partial charge in [0.15, 0.2) is 0 Å². The first kappa shape index (κ1) is 8.85. The fraction of sp³-hybridized carbons (Fsp3) is 0.100. The molecule has 0 aliphatic heterocycles. The van der Waals surface area contributed by atoms with Crippen LogP contribution < -0.4 is 4.74 Å². The average Bonchev–Trinajstić information content (AvgIpc) is 2.65. The zero-order chi connectivity index (χ0) is 10.1. The van der Waals surface area contributed by atoms with Crippen LogP contribution in [-0.2, 0) is 0 Å². The lowest BCUT2D eigenvalue weighted by Crippen LogP contribution is -1.88. The molecule has 0 fully saturated rings. The van der Waals surface area contributed by atoms with Crippen LogP contribution in [0.4, 0.5) is 0 Å². The summed E-state index contributed by atoms with van der Waals surface area (Å²) in [6.45, 7) is 0. The number of rotatable bonds is 1. The summed E-state index contributed by atoms with van der Waals surface area (Å²) in [4.78, 5) is 0. The highest BCUT2D eigenvalue weighted by Crippen LogP contribution is 2.37. The Morgan fingerprint density at radius 3 is 3.00 bits per heavy atom. The predicted octanol–water partition coefficient (Wildman–Crippen LogP) is 2.49. The van der Waals surface area contributed by atoms with Gasteiger partial charge in [0.05, 0.1) is 7.11 Å². The summed E-state index contributed by atoms with van der Waals surface area (Å²) >= 11 is 1.50. The molecule has 0 saturated heterocycles. The number of nitrogens with zero attached hydrogens (tertiary/aromatic N) is 1. The smallest absolute Gasteiger partial charge is 0.145 e. The number of benzene rings is 1. The lowest BCUT2D eigenvalue weighted by molar-refractivity contribution is 0.407. The Labute approximate surface area is 84.8 Å². The monoisotopic (exact) mass is 205 g/mol. The van der Waals surface area contributed by atoms with Crippen molar-refractivity contribution in [3.63, 3.8) is 0 Å². The SMILES string of the molecule is COc1cc2sccc2c(O)c1C#N. The molecule has 70 valence electrons. The Balaban J connectivity index is 2.88. The first-order valence-electron chi connectivity index (χ1n) is 3.95. The minimum absolute atomic E-state index is 0.00287. The van der Waals surface area contributed by atoms with E-state index in [4.69, 9.17) is 10.00 Å². The molecule has 4 heteroatoms. The molecule has 1 aromatic carbocycles. The second kappa shape index (κ2) is 3.20. The number of ether oxygens (including phenoxy) is 1. The van der Waals surface area contributed by atoms with Crippen molar-refractivity contribution in [2.75, 3.05) is 7.11 Å². The third-order valence-electron chi connectivity index (χ3n) is 2.03. The van der Waals surface area contributed by atoms with Crippen LogP contribution in [0, 0.1) is 11.3 Å².